The molecule has 0 aliphatic carbocycles. The van der Waals surface area contributed by atoms with Crippen LogP contribution in [0.15, 0.2) is 12.2 Å². The number of unbranched alkanes of at least 4 members (excludes halogenated alkanes) is 20. The van der Waals surface area contributed by atoms with E-state index in [-0.39, 0.29) is 19.4 Å². The lowest BCUT2D eigenvalue weighted by Gasteiger charge is -2.18. The maximum absolute atomic E-state index is 12.4. The van der Waals surface area contributed by atoms with E-state index in [0.717, 1.165) is 70.1 Å². The van der Waals surface area contributed by atoms with E-state index in [4.69, 9.17) is 24.0 Å². The van der Waals surface area contributed by atoms with E-state index < -0.39 is 32.5 Å². The van der Waals surface area contributed by atoms with Crippen molar-refractivity contribution in [3.63, 3.8) is 0 Å². The third-order valence-electron chi connectivity index (χ3n) is 10.2. The first-order chi connectivity index (χ1) is 25.1. The molecule has 0 radical (unpaired) electrons. The molecule has 1 heterocycles. The second kappa shape index (κ2) is 33.1. The zero-order valence-corrected chi connectivity index (χ0v) is 34.5. The average Bonchev–Trinajstić information content (AvgIpc) is 3.87. The molecule has 0 aromatic heterocycles. The number of hydrogen-bond acceptors (Lipinski definition) is 7. The molecule has 0 aromatic rings. The van der Waals surface area contributed by atoms with Gasteiger partial charge in [0, 0.05) is 12.8 Å². The molecule has 52 heavy (non-hydrogen) atoms. The van der Waals surface area contributed by atoms with Crippen LogP contribution in [0.4, 0.5) is 0 Å². The molecule has 306 valence electrons. The topological polar surface area (TPSA) is 132 Å². The van der Waals surface area contributed by atoms with Crippen LogP contribution in [0.25, 0.3) is 0 Å². The maximum atomic E-state index is 12.4. The SMILES string of the molecule is CCCCC/C=C\CC1OC1CCCCCCCC(=O)OC[C@H](COP(=O)(O)O)OC(=O)CCCCCCCCCCCCCCCCC(C)CC. The van der Waals surface area contributed by atoms with Crippen LogP contribution >= 0.6 is 7.82 Å². The predicted octanol–water partition coefficient (Wildman–Crippen LogP) is 11.9. The zero-order valence-electron chi connectivity index (χ0n) is 33.6. The van der Waals surface area contributed by atoms with E-state index in [9.17, 15) is 14.2 Å². The van der Waals surface area contributed by atoms with E-state index in [1.54, 1.807) is 0 Å². The molecule has 9 nitrogen and oxygen atoms in total. The molecule has 1 aliphatic heterocycles. The van der Waals surface area contributed by atoms with Gasteiger partial charge in [-0.3, -0.25) is 14.1 Å². The fourth-order valence-electron chi connectivity index (χ4n) is 6.53. The Labute approximate surface area is 318 Å². The van der Waals surface area contributed by atoms with Crippen molar-refractivity contribution in [2.75, 3.05) is 13.2 Å². The highest BCUT2D eigenvalue weighted by Crippen LogP contribution is 2.36. The molecule has 4 atom stereocenters. The van der Waals surface area contributed by atoms with Crippen LogP contribution in [-0.4, -0.2) is 53.3 Å². The van der Waals surface area contributed by atoms with Gasteiger partial charge >= 0.3 is 19.8 Å². The van der Waals surface area contributed by atoms with Crippen molar-refractivity contribution in [2.45, 2.75) is 225 Å². The fraction of sp³-hybridized carbons (Fsp3) is 0.905. The highest BCUT2D eigenvalue weighted by Gasteiger charge is 2.36. The average molecular weight is 759 g/mol. The largest absolute Gasteiger partial charge is 0.469 e. The molecule has 1 rings (SSSR count). The number of carbonyl (C=O) groups is 2. The Bertz CT molecular complexity index is 936. The van der Waals surface area contributed by atoms with Crippen LogP contribution in [0.3, 0.4) is 0 Å². The Kier molecular flexibility index (Phi) is 31.1. The van der Waals surface area contributed by atoms with E-state index in [0.29, 0.717) is 25.0 Å². The van der Waals surface area contributed by atoms with Gasteiger partial charge in [0.25, 0.3) is 0 Å². The van der Waals surface area contributed by atoms with E-state index >= 15 is 0 Å². The van der Waals surface area contributed by atoms with Crippen LogP contribution in [0.2, 0.25) is 0 Å². The van der Waals surface area contributed by atoms with Crippen molar-refractivity contribution in [3.05, 3.63) is 12.2 Å². The van der Waals surface area contributed by atoms with E-state index in [2.05, 4.69) is 37.4 Å². The molecule has 0 saturated carbocycles. The summed E-state index contributed by atoms with van der Waals surface area (Å²) < 4.78 is 32.2. The fourth-order valence-corrected chi connectivity index (χ4v) is 6.89. The van der Waals surface area contributed by atoms with Gasteiger partial charge in [-0.05, 0) is 44.4 Å². The number of hydrogen-bond donors (Lipinski definition) is 2. The standard InChI is InChI=1S/C42H79O9P/c1-4-6-7-8-21-26-31-39-40(51-39)32-27-22-19-24-28-33-41(43)48-35-38(36-49-52(45,46)47)50-42(44)34-29-23-18-16-14-12-10-9-11-13-15-17-20-25-30-37(3)5-2/h21,26,37-40H,4-20,22-25,27-36H2,1-3H3,(H2,45,46,47)/b26-21-/t37?,38-,39?,40?/m1/s1. The molecule has 0 spiro atoms. The smallest absolute Gasteiger partial charge is 0.462 e. The summed E-state index contributed by atoms with van der Waals surface area (Å²) in [4.78, 5) is 42.9. The minimum Gasteiger partial charge on any atom is -0.462 e. The van der Waals surface area contributed by atoms with Crippen molar-refractivity contribution in [2.24, 2.45) is 5.92 Å². The summed E-state index contributed by atoms with van der Waals surface area (Å²) in [5, 5.41) is 0. The normalized spacial score (nSPS) is 17.0. The van der Waals surface area contributed by atoms with Crippen LogP contribution in [0.5, 0.6) is 0 Å². The first-order valence-electron chi connectivity index (χ1n) is 21.5. The maximum Gasteiger partial charge on any atom is 0.469 e. The Hall–Kier alpha value is -1.25. The molecular formula is C42H79O9P. The second-order valence-electron chi connectivity index (χ2n) is 15.3. The molecule has 0 bridgehead atoms. The molecule has 10 heteroatoms. The molecule has 2 N–H and O–H groups in total. The van der Waals surface area contributed by atoms with Gasteiger partial charge in [-0.2, -0.15) is 0 Å². The van der Waals surface area contributed by atoms with E-state index in [1.165, 1.54) is 96.3 Å². The van der Waals surface area contributed by atoms with Crippen molar-refractivity contribution >= 4 is 19.8 Å². The number of carbonyl (C=O) groups excluding carboxylic acids is 2. The lowest BCUT2D eigenvalue weighted by molar-refractivity contribution is -0.161. The molecular weight excluding hydrogens is 679 g/mol. The van der Waals surface area contributed by atoms with Gasteiger partial charge < -0.3 is 24.0 Å². The molecule has 0 aromatic carbocycles. The summed E-state index contributed by atoms with van der Waals surface area (Å²) in [6, 6.07) is 0. The number of phosphoric acid groups is 1. The van der Waals surface area contributed by atoms with Gasteiger partial charge in [-0.1, -0.05) is 168 Å². The monoisotopic (exact) mass is 759 g/mol. The van der Waals surface area contributed by atoms with Crippen LogP contribution in [-0.2, 0) is 32.9 Å². The number of epoxide rings is 1. The first kappa shape index (κ1) is 48.8. The Morgan fingerprint density at radius 3 is 1.77 bits per heavy atom. The molecule has 1 saturated heterocycles. The number of esters is 2. The van der Waals surface area contributed by atoms with Crippen molar-refractivity contribution in [1.82, 2.24) is 0 Å². The second-order valence-corrected chi connectivity index (χ2v) is 16.5. The zero-order chi connectivity index (χ0) is 38.1. The quantitative estimate of drug-likeness (QED) is 0.0207. The molecule has 3 unspecified atom stereocenters. The van der Waals surface area contributed by atoms with Gasteiger partial charge in [0.15, 0.2) is 6.10 Å². The minimum absolute atomic E-state index is 0.210. The molecule has 1 aliphatic rings. The van der Waals surface area contributed by atoms with Crippen molar-refractivity contribution in [1.29, 1.82) is 0 Å². The Balaban J connectivity index is 2.04. The summed E-state index contributed by atoms with van der Waals surface area (Å²) in [5.74, 6) is -0.0193. The van der Waals surface area contributed by atoms with Gasteiger partial charge in [0.05, 0.1) is 18.8 Å². The number of ether oxygens (including phenoxy) is 3. The minimum atomic E-state index is -4.76. The van der Waals surface area contributed by atoms with Gasteiger partial charge in [0.2, 0.25) is 0 Å². The summed E-state index contributed by atoms with van der Waals surface area (Å²) in [5.41, 5.74) is 0. The molecule has 1 fully saturated rings. The van der Waals surface area contributed by atoms with Crippen LogP contribution < -0.4 is 0 Å². The lowest BCUT2D eigenvalue weighted by Crippen LogP contribution is -2.29. The van der Waals surface area contributed by atoms with Gasteiger partial charge in [-0.25, -0.2) is 4.57 Å². The van der Waals surface area contributed by atoms with Gasteiger partial charge in [0.1, 0.15) is 6.61 Å². The summed E-state index contributed by atoms with van der Waals surface area (Å²) in [6.45, 7) is 6.03. The number of rotatable bonds is 38. The number of allylic oxidation sites excluding steroid dienone is 1. The lowest BCUT2D eigenvalue weighted by atomic mass is 9.99. The number of phosphoric ester groups is 1. The van der Waals surface area contributed by atoms with Crippen molar-refractivity contribution < 1.29 is 42.7 Å². The first-order valence-corrected chi connectivity index (χ1v) is 23.0. The van der Waals surface area contributed by atoms with Crippen LogP contribution in [0.1, 0.15) is 207 Å². The van der Waals surface area contributed by atoms with Gasteiger partial charge in [-0.15, -0.1) is 0 Å². The predicted molar refractivity (Wildman–Crippen MR) is 211 cm³/mol. The summed E-state index contributed by atoms with van der Waals surface area (Å²) in [6.07, 6.45) is 36.6. The third-order valence-corrected chi connectivity index (χ3v) is 10.7. The summed E-state index contributed by atoms with van der Waals surface area (Å²) >= 11 is 0. The Morgan fingerprint density at radius 1 is 0.673 bits per heavy atom. The Morgan fingerprint density at radius 2 is 1.21 bits per heavy atom. The highest BCUT2D eigenvalue weighted by molar-refractivity contribution is 7.46. The summed E-state index contributed by atoms with van der Waals surface area (Å²) in [7, 11) is -4.76. The third kappa shape index (κ3) is 32.2. The van der Waals surface area contributed by atoms with Crippen LogP contribution in [0, 0.1) is 5.92 Å². The van der Waals surface area contributed by atoms with E-state index in [1.807, 2.05) is 0 Å². The molecule has 0 amide bonds. The highest BCUT2D eigenvalue weighted by atomic mass is 31.2. The van der Waals surface area contributed by atoms with Crippen molar-refractivity contribution in [3.8, 4) is 0 Å².